The lowest BCUT2D eigenvalue weighted by Crippen LogP contribution is -2.54. The van der Waals surface area contributed by atoms with E-state index in [1.54, 1.807) is 11.0 Å². The average Bonchev–Trinajstić information content (AvgIpc) is 2.91. The van der Waals surface area contributed by atoms with Crippen LogP contribution in [0.1, 0.15) is 37.7 Å². The number of carbonyl (C=O) groups is 2. The summed E-state index contributed by atoms with van der Waals surface area (Å²) in [7, 11) is 0. The quantitative estimate of drug-likeness (QED) is 0.179. The van der Waals surface area contributed by atoms with Gasteiger partial charge in [0.1, 0.15) is 18.0 Å². The predicted octanol–water partition coefficient (Wildman–Crippen LogP) is 3.98. The monoisotopic (exact) mass is 618 g/mol. The third kappa shape index (κ3) is 8.41. The molecule has 3 atom stereocenters. The Morgan fingerprint density at radius 2 is 1.86 bits per heavy atom. The highest BCUT2D eigenvalue weighted by atomic mass is 127. The minimum absolute atomic E-state index is 0.0815. The summed E-state index contributed by atoms with van der Waals surface area (Å²) in [5.74, 6) is 0.159. The number of benzene rings is 2. The minimum atomic E-state index is -1.05. The number of nitrogens with one attached hydrogen (secondary N) is 1. The van der Waals surface area contributed by atoms with Gasteiger partial charge in [0.2, 0.25) is 11.8 Å². The van der Waals surface area contributed by atoms with E-state index in [1.807, 2.05) is 60.7 Å². The van der Waals surface area contributed by atoms with Crippen molar-refractivity contribution in [3.8, 4) is 5.75 Å². The maximum atomic E-state index is 13.5. The number of amides is 2. The molecule has 3 N–H and O–H groups in total. The second kappa shape index (κ2) is 14.9. The van der Waals surface area contributed by atoms with Gasteiger partial charge in [-0.05, 0) is 65.6 Å². The Hall–Kier alpha value is -2.69. The fourth-order valence-corrected chi connectivity index (χ4v) is 4.86. The van der Waals surface area contributed by atoms with Gasteiger partial charge in [0.05, 0.1) is 16.2 Å². The Kier molecular flexibility index (Phi) is 11.6. The number of ether oxygens (including phenoxy) is 1. The van der Waals surface area contributed by atoms with Crippen molar-refractivity contribution in [2.75, 3.05) is 13.2 Å². The molecule has 3 rings (SSSR count). The van der Waals surface area contributed by atoms with Gasteiger partial charge in [0.15, 0.2) is 0 Å². The number of carbonyl (C=O) groups excluding carboxylic acids is 2. The second-order valence-electron chi connectivity index (χ2n) is 8.99. The zero-order valence-corrected chi connectivity index (χ0v) is 23.0. The van der Waals surface area contributed by atoms with Gasteiger partial charge in [-0.2, -0.15) is 0 Å². The Labute approximate surface area is 232 Å². The van der Waals surface area contributed by atoms with E-state index in [0.29, 0.717) is 30.7 Å². The summed E-state index contributed by atoms with van der Waals surface area (Å²) in [6.45, 7) is 3.98. The molecule has 0 aliphatic heterocycles. The van der Waals surface area contributed by atoms with Crippen molar-refractivity contribution >= 4 is 34.4 Å². The van der Waals surface area contributed by atoms with Gasteiger partial charge >= 0.3 is 0 Å². The van der Waals surface area contributed by atoms with Gasteiger partial charge in [-0.3, -0.25) is 9.59 Å². The van der Waals surface area contributed by atoms with Crippen molar-refractivity contribution < 1.29 is 24.5 Å². The van der Waals surface area contributed by atoms with Crippen molar-refractivity contribution in [1.29, 1.82) is 0 Å². The van der Waals surface area contributed by atoms with Crippen LogP contribution in [0.4, 0.5) is 0 Å². The number of rotatable bonds is 13. The Morgan fingerprint density at radius 1 is 1.14 bits per heavy atom. The molecule has 198 valence electrons. The van der Waals surface area contributed by atoms with Crippen LogP contribution in [0.3, 0.4) is 0 Å². The zero-order chi connectivity index (χ0) is 26.6. The Bertz CT molecular complexity index is 1070. The fraction of sp³-hybridized carbons (Fsp3) is 0.379. The van der Waals surface area contributed by atoms with Crippen LogP contribution in [0.5, 0.6) is 5.75 Å². The second-order valence-corrected chi connectivity index (χ2v) is 10.2. The first-order valence-corrected chi connectivity index (χ1v) is 13.7. The SMILES string of the molecule is C=CCCCCC(=O)N(Cc1ccccc1)C1CC(C(=O)NCCO)=CC(Oc2ccccc2I)C1O. The van der Waals surface area contributed by atoms with E-state index in [2.05, 4.69) is 34.5 Å². The third-order valence-corrected chi connectivity index (χ3v) is 7.17. The first kappa shape index (κ1) is 28.9. The molecule has 37 heavy (non-hydrogen) atoms. The van der Waals surface area contributed by atoms with Crippen molar-refractivity contribution in [3.63, 3.8) is 0 Å². The molecule has 2 aromatic rings. The number of hydrogen-bond acceptors (Lipinski definition) is 5. The average molecular weight is 619 g/mol. The van der Waals surface area contributed by atoms with E-state index in [0.717, 1.165) is 22.0 Å². The molecule has 0 radical (unpaired) electrons. The largest absolute Gasteiger partial charge is 0.482 e. The van der Waals surface area contributed by atoms with Crippen LogP contribution in [0.25, 0.3) is 0 Å². The number of unbranched alkanes of at least 4 members (excludes halogenated alkanes) is 2. The van der Waals surface area contributed by atoms with Crippen LogP contribution >= 0.6 is 22.6 Å². The predicted molar refractivity (Wildman–Crippen MR) is 152 cm³/mol. The number of halogens is 1. The van der Waals surface area contributed by atoms with Crippen molar-refractivity contribution in [2.45, 2.75) is 56.9 Å². The highest BCUT2D eigenvalue weighted by Crippen LogP contribution is 2.31. The number of hydrogen-bond donors (Lipinski definition) is 3. The zero-order valence-electron chi connectivity index (χ0n) is 20.9. The molecular weight excluding hydrogens is 583 g/mol. The van der Waals surface area contributed by atoms with Crippen LogP contribution in [-0.4, -0.2) is 58.3 Å². The number of nitrogens with zero attached hydrogens (tertiary/aromatic N) is 1. The molecule has 7 nitrogen and oxygen atoms in total. The van der Waals surface area contributed by atoms with E-state index in [-0.39, 0.29) is 31.4 Å². The van der Waals surface area contributed by atoms with Crippen LogP contribution in [0.2, 0.25) is 0 Å². The summed E-state index contributed by atoms with van der Waals surface area (Å²) in [6.07, 6.45) is 4.49. The maximum Gasteiger partial charge on any atom is 0.247 e. The molecule has 3 unspecified atom stereocenters. The van der Waals surface area contributed by atoms with E-state index in [4.69, 9.17) is 4.74 Å². The highest BCUT2D eigenvalue weighted by Gasteiger charge is 2.40. The summed E-state index contributed by atoms with van der Waals surface area (Å²) >= 11 is 2.16. The van der Waals surface area contributed by atoms with Crippen LogP contribution < -0.4 is 10.1 Å². The number of para-hydroxylation sites is 1. The van der Waals surface area contributed by atoms with Crippen molar-refractivity contribution in [1.82, 2.24) is 10.2 Å². The maximum absolute atomic E-state index is 13.5. The number of aliphatic hydroxyl groups is 2. The molecule has 0 spiro atoms. The smallest absolute Gasteiger partial charge is 0.247 e. The first-order chi connectivity index (χ1) is 17.9. The topological polar surface area (TPSA) is 99.1 Å². The van der Waals surface area contributed by atoms with Crippen LogP contribution in [0.15, 0.2) is 78.9 Å². The summed E-state index contributed by atoms with van der Waals surface area (Å²) in [4.78, 5) is 28.1. The minimum Gasteiger partial charge on any atom is -0.482 e. The molecule has 1 aliphatic carbocycles. The van der Waals surface area contributed by atoms with Gasteiger partial charge in [-0.1, -0.05) is 48.5 Å². The van der Waals surface area contributed by atoms with E-state index in [9.17, 15) is 19.8 Å². The summed E-state index contributed by atoms with van der Waals surface area (Å²) < 4.78 is 7.06. The van der Waals surface area contributed by atoms with Gasteiger partial charge in [0.25, 0.3) is 0 Å². The molecule has 0 saturated carbocycles. The summed E-state index contributed by atoms with van der Waals surface area (Å²) in [5.41, 5.74) is 1.35. The number of aliphatic hydroxyl groups excluding tert-OH is 2. The van der Waals surface area contributed by atoms with Crippen LogP contribution in [0, 0.1) is 3.57 Å². The Morgan fingerprint density at radius 3 is 2.57 bits per heavy atom. The Balaban J connectivity index is 1.92. The van der Waals surface area contributed by atoms with Gasteiger partial charge in [-0.25, -0.2) is 0 Å². The van der Waals surface area contributed by atoms with Gasteiger partial charge in [0, 0.05) is 31.5 Å². The summed E-state index contributed by atoms with van der Waals surface area (Å²) in [6, 6.07) is 16.4. The third-order valence-electron chi connectivity index (χ3n) is 6.28. The molecule has 1 aliphatic rings. The highest BCUT2D eigenvalue weighted by molar-refractivity contribution is 14.1. The van der Waals surface area contributed by atoms with Crippen LogP contribution in [-0.2, 0) is 16.1 Å². The lowest BCUT2D eigenvalue weighted by Gasteiger charge is -2.40. The molecule has 2 aromatic carbocycles. The summed E-state index contributed by atoms with van der Waals surface area (Å²) in [5, 5.41) is 23.4. The lowest BCUT2D eigenvalue weighted by atomic mass is 9.87. The lowest BCUT2D eigenvalue weighted by molar-refractivity contribution is -0.139. The van der Waals surface area contributed by atoms with Gasteiger partial charge < -0.3 is 25.2 Å². The van der Waals surface area contributed by atoms with E-state index < -0.39 is 18.2 Å². The first-order valence-electron chi connectivity index (χ1n) is 12.6. The molecule has 0 saturated heterocycles. The molecule has 0 fully saturated rings. The van der Waals surface area contributed by atoms with E-state index in [1.165, 1.54) is 0 Å². The van der Waals surface area contributed by atoms with Crippen molar-refractivity contribution in [2.24, 2.45) is 0 Å². The molecule has 0 aromatic heterocycles. The van der Waals surface area contributed by atoms with Gasteiger partial charge in [-0.15, -0.1) is 6.58 Å². The molecule has 0 heterocycles. The fourth-order valence-electron chi connectivity index (χ4n) is 4.35. The molecule has 0 bridgehead atoms. The normalized spacial score (nSPS) is 19.0. The van der Waals surface area contributed by atoms with E-state index >= 15 is 0 Å². The van der Waals surface area contributed by atoms with Crippen molar-refractivity contribution in [3.05, 3.63) is 88.0 Å². The molecular formula is C29H35IN2O5. The molecule has 8 heteroatoms. The number of allylic oxidation sites excluding steroid dienone is 1. The standard InChI is InChI=1S/C29H35IN2O5/c1-2-3-4-8-15-27(34)32(20-21-11-6-5-7-12-21)24-18-22(29(36)31-16-17-33)19-26(28(24)35)37-25-14-10-9-13-23(25)30/h2,5-7,9-14,19,24,26,28,33,35H,1,3-4,8,15-18,20H2,(H,31,36). The molecule has 2 amide bonds.